The predicted molar refractivity (Wildman–Crippen MR) is 78.1 cm³/mol. The highest BCUT2D eigenvalue weighted by Crippen LogP contribution is 2.15. The maximum atomic E-state index is 13.5. The average molecular weight is 271 g/mol. The van der Waals surface area contributed by atoms with Crippen LogP contribution in [0, 0.1) is 5.82 Å². The van der Waals surface area contributed by atoms with E-state index in [1.807, 2.05) is 31.2 Å². The number of halogens is 1. The Kier molecular flexibility index (Phi) is 4.51. The summed E-state index contributed by atoms with van der Waals surface area (Å²) in [5.41, 5.74) is 2.33. The third kappa shape index (κ3) is 3.23. The summed E-state index contributed by atoms with van der Waals surface area (Å²) in [5.74, 6) is -0.895. The molecule has 2 aromatic carbocycles. The van der Waals surface area contributed by atoms with E-state index in [-0.39, 0.29) is 11.6 Å². The second kappa shape index (κ2) is 6.33. The first-order valence-corrected chi connectivity index (χ1v) is 6.76. The highest BCUT2D eigenvalue weighted by molar-refractivity contribution is 5.94. The van der Waals surface area contributed by atoms with Gasteiger partial charge < -0.3 is 5.32 Å². The Morgan fingerprint density at radius 2 is 1.80 bits per heavy atom. The van der Waals surface area contributed by atoms with E-state index in [2.05, 4.69) is 12.2 Å². The van der Waals surface area contributed by atoms with E-state index in [1.165, 1.54) is 17.7 Å². The first-order chi connectivity index (χ1) is 9.61. The molecule has 0 aliphatic rings. The lowest BCUT2D eigenvalue weighted by Gasteiger charge is -2.15. The van der Waals surface area contributed by atoms with Crippen LogP contribution < -0.4 is 5.32 Å². The largest absolute Gasteiger partial charge is 0.345 e. The van der Waals surface area contributed by atoms with Crippen molar-refractivity contribution < 1.29 is 9.18 Å². The number of hydrogen-bond acceptors (Lipinski definition) is 1. The molecular weight excluding hydrogens is 253 g/mol. The molecule has 104 valence electrons. The third-order valence-corrected chi connectivity index (χ3v) is 3.35. The van der Waals surface area contributed by atoms with E-state index >= 15 is 0 Å². The molecule has 2 rings (SSSR count). The molecule has 0 heterocycles. The van der Waals surface area contributed by atoms with Gasteiger partial charge in [0.25, 0.3) is 5.91 Å². The van der Waals surface area contributed by atoms with Crippen LogP contribution in [-0.2, 0) is 6.42 Å². The van der Waals surface area contributed by atoms with Crippen LogP contribution >= 0.6 is 0 Å². The van der Waals surface area contributed by atoms with E-state index < -0.39 is 11.7 Å². The zero-order valence-corrected chi connectivity index (χ0v) is 11.7. The lowest BCUT2D eigenvalue weighted by atomic mass is 10.0. The van der Waals surface area contributed by atoms with Gasteiger partial charge in [0.15, 0.2) is 0 Å². The van der Waals surface area contributed by atoms with Crippen LogP contribution in [0.2, 0.25) is 0 Å². The van der Waals surface area contributed by atoms with Gasteiger partial charge in [0.1, 0.15) is 5.82 Å². The van der Waals surface area contributed by atoms with Crippen molar-refractivity contribution in [2.45, 2.75) is 26.3 Å². The molecule has 0 spiro atoms. The monoisotopic (exact) mass is 271 g/mol. The van der Waals surface area contributed by atoms with Gasteiger partial charge >= 0.3 is 0 Å². The molecule has 1 amide bonds. The number of amides is 1. The normalized spacial score (nSPS) is 11.9. The number of aryl methyl sites for hydroxylation is 1. The van der Waals surface area contributed by atoms with E-state index in [4.69, 9.17) is 0 Å². The number of carbonyl (C=O) groups excluding carboxylic acids is 1. The average Bonchev–Trinajstić information content (AvgIpc) is 2.47. The number of rotatable bonds is 4. The smallest absolute Gasteiger partial charge is 0.254 e. The molecule has 0 aliphatic heterocycles. The van der Waals surface area contributed by atoms with Gasteiger partial charge in [-0.1, -0.05) is 43.3 Å². The minimum Gasteiger partial charge on any atom is -0.345 e. The highest BCUT2D eigenvalue weighted by Gasteiger charge is 2.14. The topological polar surface area (TPSA) is 29.1 Å². The van der Waals surface area contributed by atoms with Gasteiger partial charge in [-0.15, -0.1) is 0 Å². The maximum Gasteiger partial charge on any atom is 0.254 e. The molecular formula is C17H18FNO. The standard InChI is InChI=1S/C17H18FNO/c1-3-13-8-10-14(11-9-13)12(2)19-17(20)15-6-4-5-7-16(15)18/h4-12H,3H2,1-2H3,(H,19,20). The molecule has 0 bridgehead atoms. The molecule has 0 saturated carbocycles. The molecule has 0 radical (unpaired) electrons. The summed E-state index contributed by atoms with van der Waals surface area (Å²) in [4.78, 5) is 12.0. The van der Waals surface area contributed by atoms with E-state index in [0.717, 1.165) is 12.0 Å². The number of carbonyl (C=O) groups is 1. The molecule has 2 nitrogen and oxygen atoms in total. The summed E-state index contributed by atoms with van der Waals surface area (Å²) < 4.78 is 13.5. The van der Waals surface area contributed by atoms with Crippen molar-refractivity contribution in [1.29, 1.82) is 0 Å². The fourth-order valence-corrected chi connectivity index (χ4v) is 2.05. The van der Waals surface area contributed by atoms with Crippen LogP contribution in [0.3, 0.4) is 0 Å². The molecule has 2 aromatic rings. The Labute approximate surface area is 118 Å². The maximum absolute atomic E-state index is 13.5. The van der Waals surface area contributed by atoms with E-state index in [1.54, 1.807) is 12.1 Å². The summed E-state index contributed by atoms with van der Waals surface area (Å²) >= 11 is 0. The van der Waals surface area contributed by atoms with Crippen molar-refractivity contribution in [3.8, 4) is 0 Å². The third-order valence-electron chi connectivity index (χ3n) is 3.35. The lowest BCUT2D eigenvalue weighted by Crippen LogP contribution is -2.27. The van der Waals surface area contributed by atoms with Crippen molar-refractivity contribution >= 4 is 5.91 Å². The SMILES string of the molecule is CCc1ccc(C(C)NC(=O)c2ccccc2F)cc1. The number of nitrogens with one attached hydrogen (secondary N) is 1. The lowest BCUT2D eigenvalue weighted by molar-refractivity contribution is 0.0936. The Hall–Kier alpha value is -2.16. The summed E-state index contributed by atoms with van der Waals surface area (Å²) in [7, 11) is 0. The van der Waals surface area contributed by atoms with Gasteiger partial charge in [-0.25, -0.2) is 4.39 Å². The van der Waals surface area contributed by atoms with Gasteiger partial charge in [0, 0.05) is 0 Å². The molecule has 0 saturated heterocycles. The van der Waals surface area contributed by atoms with Crippen LogP contribution in [0.15, 0.2) is 48.5 Å². The molecule has 0 fully saturated rings. The Morgan fingerprint density at radius 3 is 2.40 bits per heavy atom. The van der Waals surface area contributed by atoms with Crippen molar-refractivity contribution in [2.24, 2.45) is 0 Å². The molecule has 0 aromatic heterocycles. The Morgan fingerprint density at radius 1 is 1.15 bits per heavy atom. The van der Waals surface area contributed by atoms with Crippen LogP contribution in [0.4, 0.5) is 4.39 Å². The highest BCUT2D eigenvalue weighted by atomic mass is 19.1. The second-order valence-electron chi connectivity index (χ2n) is 4.77. The first kappa shape index (κ1) is 14.3. The van der Waals surface area contributed by atoms with Crippen molar-refractivity contribution in [1.82, 2.24) is 5.32 Å². The first-order valence-electron chi connectivity index (χ1n) is 6.76. The Bertz CT molecular complexity index is 592. The molecule has 1 atom stereocenters. The fraction of sp³-hybridized carbons (Fsp3) is 0.235. The molecule has 20 heavy (non-hydrogen) atoms. The van der Waals surface area contributed by atoms with Crippen LogP contribution in [0.25, 0.3) is 0 Å². The van der Waals surface area contributed by atoms with Crippen molar-refractivity contribution in [3.63, 3.8) is 0 Å². The van der Waals surface area contributed by atoms with Gasteiger partial charge in [-0.05, 0) is 36.6 Å². The summed E-state index contributed by atoms with van der Waals surface area (Å²) in [5, 5.41) is 2.81. The molecule has 1 unspecified atom stereocenters. The quantitative estimate of drug-likeness (QED) is 0.898. The van der Waals surface area contributed by atoms with Gasteiger partial charge in [-0.2, -0.15) is 0 Å². The van der Waals surface area contributed by atoms with Crippen molar-refractivity contribution in [3.05, 3.63) is 71.0 Å². The minimum atomic E-state index is -0.501. The molecule has 1 N–H and O–H groups in total. The summed E-state index contributed by atoms with van der Waals surface area (Å²) in [6, 6.07) is 13.9. The zero-order valence-electron chi connectivity index (χ0n) is 11.7. The van der Waals surface area contributed by atoms with Gasteiger partial charge in [0.2, 0.25) is 0 Å². The molecule has 0 aliphatic carbocycles. The second-order valence-corrected chi connectivity index (χ2v) is 4.77. The fourth-order valence-electron chi connectivity index (χ4n) is 2.05. The Balaban J connectivity index is 2.09. The molecule has 3 heteroatoms. The van der Waals surface area contributed by atoms with Crippen molar-refractivity contribution in [2.75, 3.05) is 0 Å². The van der Waals surface area contributed by atoms with Gasteiger partial charge in [-0.3, -0.25) is 4.79 Å². The van der Waals surface area contributed by atoms with Gasteiger partial charge in [0.05, 0.1) is 11.6 Å². The van der Waals surface area contributed by atoms with E-state index in [0.29, 0.717) is 0 Å². The van der Waals surface area contributed by atoms with Crippen LogP contribution in [0.5, 0.6) is 0 Å². The number of hydrogen-bond donors (Lipinski definition) is 1. The summed E-state index contributed by atoms with van der Waals surface area (Å²) in [6.45, 7) is 3.98. The van der Waals surface area contributed by atoms with Crippen LogP contribution in [-0.4, -0.2) is 5.91 Å². The van der Waals surface area contributed by atoms with Crippen LogP contribution in [0.1, 0.15) is 41.4 Å². The zero-order chi connectivity index (χ0) is 14.5. The number of benzene rings is 2. The van der Waals surface area contributed by atoms with E-state index in [9.17, 15) is 9.18 Å². The minimum absolute atomic E-state index is 0.0736. The summed E-state index contributed by atoms with van der Waals surface area (Å²) in [6.07, 6.45) is 0.982. The predicted octanol–water partition coefficient (Wildman–Crippen LogP) is 3.88.